The first kappa shape index (κ1) is 32.3. The van der Waals surface area contributed by atoms with Crippen molar-refractivity contribution >= 4 is 52.3 Å². The Morgan fingerprint density at radius 3 is 2.50 bits per heavy atom. The highest BCUT2D eigenvalue weighted by atomic mass is 35.5. The number of ether oxygens (including phenoxy) is 2. The Kier molecular flexibility index (Phi) is 10.9. The van der Waals surface area contributed by atoms with Gasteiger partial charge >= 0.3 is 0 Å². The summed E-state index contributed by atoms with van der Waals surface area (Å²) in [6.45, 7) is 4.02. The smallest absolute Gasteiger partial charge is 0.247 e. The van der Waals surface area contributed by atoms with Crippen molar-refractivity contribution in [3.8, 4) is 11.6 Å². The van der Waals surface area contributed by atoms with Crippen LogP contribution in [0.3, 0.4) is 0 Å². The molecule has 2 heterocycles. The van der Waals surface area contributed by atoms with Crippen LogP contribution in [0.4, 0.5) is 5.69 Å². The van der Waals surface area contributed by atoms with Crippen molar-refractivity contribution in [2.24, 2.45) is 0 Å². The summed E-state index contributed by atoms with van der Waals surface area (Å²) in [5, 5.41) is 7.77. The minimum atomic E-state index is -0.714. The van der Waals surface area contributed by atoms with Crippen LogP contribution in [0, 0.1) is 6.92 Å². The highest BCUT2D eigenvalue weighted by molar-refractivity contribution is 6.37. The molecule has 44 heavy (non-hydrogen) atoms. The van der Waals surface area contributed by atoms with E-state index in [0.717, 1.165) is 42.5 Å². The van der Waals surface area contributed by atoms with Gasteiger partial charge < -0.3 is 25.0 Å². The number of nitrogens with zero attached hydrogens (tertiary/aromatic N) is 3. The van der Waals surface area contributed by atoms with Crippen molar-refractivity contribution in [2.75, 3.05) is 44.8 Å². The summed E-state index contributed by atoms with van der Waals surface area (Å²) < 4.78 is 11.4. The molecule has 1 atom stereocenters. The number of rotatable bonds is 13. The monoisotopic (exact) mass is 659 g/mol. The van der Waals surface area contributed by atoms with Crippen LogP contribution in [-0.2, 0) is 22.6 Å². The maximum atomic E-state index is 14.1. The number of hydrogen-bond acceptors (Lipinski definition) is 7. The van der Waals surface area contributed by atoms with Gasteiger partial charge in [0.2, 0.25) is 17.7 Å². The standard InChI is InChI=1S/C32H36Cl3N5O4/c1-20-13-26(34)31(27(35)14-20)44-12-11-43-29-8-6-24(16-38-29)40-28(17-37-18-30(40)41)32(42)39(23-4-5-23)19-22-15-21(9-10-36-2)3-7-25(22)33/h3,6-8,13-16,23,28,36-37H,4-5,9-12,17-19H2,1-2H3/t28-/m1/s1. The van der Waals surface area contributed by atoms with Gasteiger partial charge in [0.1, 0.15) is 19.3 Å². The Hall–Kier alpha value is -3.08. The maximum absolute atomic E-state index is 14.1. The van der Waals surface area contributed by atoms with Crippen LogP contribution in [0.15, 0.2) is 48.7 Å². The molecule has 2 amide bonds. The molecule has 5 rings (SSSR count). The first-order chi connectivity index (χ1) is 21.2. The van der Waals surface area contributed by atoms with Gasteiger partial charge in [0.15, 0.2) is 5.75 Å². The molecule has 0 unspecified atom stereocenters. The number of anilines is 1. The summed E-state index contributed by atoms with van der Waals surface area (Å²) in [6, 6.07) is 12.4. The van der Waals surface area contributed by atoms with Crippen LogP contribution in [0.25, 0.3) is 0 Å². The Bertz CT molecular complexity index is 1460. The van der Waals surface area contributed by atoms with E-state index in [2.05, 4.69) is 21.7 Å². The molecular formula is C32H36Cl3N5O4. The fourth-order valence-corrected chi connectivity index (χ4v) is 6.11. The lowest BCUT2D eigenvalue weighted by Gasteiger charge is -2.38. The molecule has 12 heteroatoms. The number of amides is 2. The molecule has 2 aromatic carbocycles. The Balaban J connectivity index is 1.25. The third-order valence-corrected chi connectivity index (χ3v) is 8.52. The summed E-state index contributed by atoms with van der Waals surface area (Å²) >= 11 is 19.1. The highest BCUT2D eigenvalue weighted by Gasteiger charge is 2.41. The lowest BCUT2D eigenvalue weighted by atomic mass is 10.1. The average molecular weight is 661 g/mol. The summed E-state index contributed by atoms with van der Waals surface area (Å²) in [5.41, 5.74) is 3.52. The molecule has 1 aromatic heterocycles. The minimum absolute atomic E-state index is 0.115. The molecule has 0 radical (unpaired) electrons. The van der Waals surface area contributed by atoms with E-state index in [1.54, 1.807) is 35.4 Å². The van der Waals surface area contributed by atoms with Crippen LogP contribution in [0.5, 0.6) is 11.6 Å². The fraction of sp³-hybridized carbons (Fsp3) is 0.406. The van der Waals surface area contributed by atoms with Crippen molar-refractivity contribution in [2.45, 2.75) is 44.8 Å². The Labute approximate surface area is 272 Å². The lowest BCUT2D eigenvalue weighted by Crippen LogP contribution is -2.61. The Morgan fingerprint density at radius 1 is 1.07 bits per heavy atom. The number of aromatic nitrogens is 1. The van der Waals surface area contributed by atoms with E-state index in [9.17, 15) is 9.59 Å². The number of carbonyl (C=O) groups is 2. The number of pyridine rings is 1. The number of nitrogens with one attached hydrogen (secondary N) is 2. The summed E-state index contributed by atoms with van der Waals surface area (Å²) in [7, 11) is 1.92. The van der Waals surface area contributed by atoms with E-state index < -0.39 is 6.04 Å². The topological polar surface area (TPSA) is 96.0 Å². The molecule has 2 fully saturated rings. The summed E-state index contributed by atoms with van der Waals surface area (Å²) in [6.07, 6.45) is 4.27. The van der Waals surface area contributed by atoms with Gasteiger partial charge in [-0.15, -0.1) is 0 Å². The van der Waals surface area contributed by atoms with Crippen LogP contribution in [0.1, 0.15) is 29.5 Å². The fourth-order valence-electron chi connectivity index (χ4n) is 5.22. The second kappa shape index (κ2) is 14.8. The lowest BCUT2D eigenvalue weighted by molar-refractivity contribution is -0.136. The first-order valence-electron chi connectivity index (χ1n) is 14.7. The molecular weight excluding hydrogens is 625 g/mol. The maximum Gasteiger partial charge on any atom is 0.247 e. The van der Waals surface area contributed by atoms with Crippen LogP contribution in [0.2, 0.25) is 15.1 Å². The molecule has 0 spiro atoms. The predicted octanol–water partition coefficient (Wildman–Crippen LogP) is 5.07. The molecule has 3 aromatic rings. The van der Waals surface area contributed by atoms with Crippen molar-refractivity contribution in [3.05, 3.63) is 80.4 Å². The SMILES string of the molecule is CNCCc1ccc(Cl)c(CN(C(=O)[C@H]2CNCC(=O)N2c2ccc(OCCOc3c(Cl)cc(C)cc3Cl)nc2)C2CC2)c1. The van der Waals surface area contributed by atoms with Crippen molar-refractivity contribution in [1.82, 2.24) is 20.5 Å². The molecule has 2 N–H and O–H groups in total. The predicted molar refractivity (Wildman–Crippen MR) is 173 cm³/mol. The van der Waals surface area contributed by atoms with Gasteiger partial charge in [0.05, 0.1) is 28.5 Å². The number of piperazine rings is 1. The third-order valence-electron chi connectivity index (χ3n) is 7.59. The number of aryl methyl sites for hydroxylation is 1. The van der Waals surface area contributed by atoms with Crippen LogP contribution < -0.4 is 25.0 Å². The number of hydrogen-bond donors (Lipinski definition) is 2. The zero-order chi connectivity index (χ0) is 31.2. The molecule has 0 bridgehead atoms. The zero-order valence-corrected chi connectivity index (χ0v) is 27.0. The molecule has 1 saturated heterocycles. The summed E-state index contributed by atoms with van der Waals surface area (Å²) in [4.78, 5) is 35.0. The van der Waals surface area contributed by atoms with Gasteiger partial charge in [-0.3, -0.25) is 14.5 Å². The van der Waals surface area contributed by atoms with Crippen molar-refractivity contribution in [1.29, 1.82) is 0 Å². The largest absolute Gasteiger partial charge is 0.487 e. The van der Waals surface area contributed by atoms with E-state index in [4.69, 9.17) is 44.3 Å². The molecule has 2 aliphatic rings. The van der Waals surface area contributed by atoms with Crippen molar-refractivity contribution < 1.29 is 19.1 Å². The van der Waals surface area contributed by atoms with E-state index in [1.165, 1.54) is 0 Å². The van der Waals surface area contributed by atoms with E-state index >= 15 is 0 Å². The molecule has 234 valence electrons. The van der Waals surface area contributed by atoms with Gasteiger partial charge in [0.25, 0.3) is 0 Å². The van der Waals surface area contributed by atoms with Gasteiger partial charge in [-0.1, -0.05) is 46.9 Å². The van der Waals surface area contributed by atoms with Crippen LogP contribution >= 0.6 is 34.8 Å². The normalized spacial score (nSPS) is 16.6. The first-order valence-corrected chi connectivity index (χ1v) is 15.8. The number of carbonyl (C=O) groups excluding carboxylic acids is 2. The van der Waals surface area contributed by atoms with E-state index in [1.807, 2.05) is 31.0 Å². The molecule has 1 aliphatic heterocycles. The zero-order valence-electron chi connectivity index (χ0n) is 24.7. The second-order valence-corrected chi connectivity index (χ2v) is 12.2. The van der Waals surface area contributed by atoms with E-state index in [-0.39, 0.29) is 37.6 Å². The minimum Gasteiger partial charge on any atom is -0.487 e. The molecule has 1 aliphatic carbocycles. The number of halogens is 3. The van der Waals surface area contributed by atoms with Crippen molar-refractivity contribution in [3.63, 3.8) is 0 Å². The molecule has 9 nitrogen and oxygen atoms in total. The van der Waals surface area contributed by atoms with Gasteiger partial charge in [-0.2, -0.15) is 0 Å². The quantitative estimate of drug-likeness (QED) is 0.248. The van der Waals surface area contributed by atoms with E-state index in [0.29, 0.717) is 45.5 Å². The number of likely N-dealkylation sites (N-methyl/N-ethyl adjacent to an activating group) is 1. The van der Waals surface area contributed by atoms with Gasteiger partial charge in [-0.25, -0.2) is 4.98 Å². The third kappa shape index (κ3) is 7.95. The average Bonchev–Trinajstić information content (AvgIpc) is 3.84. The number of benzene rings is 2. The summed E-state index contributed by atoms with van der Waals surface area (Å²) in [5.74, 6) is 0.447. The van der Waals surface area contributed by atoms with Gasteiger partial charge in [-0.05, 0) is 80.7 Å². The second-order valence-electron chi connectivity index (χ2n) is 11.0. The van der Waals surface area contributed by atoms with Gasteiger partial charge in [0, 0.05) is 30.2 Å². The Morgan fingerprint density at radius 2 is 1.82 bits per heavy atom. The molecule has 1 saturated carbocycles. The highest BCUT2D eigenvalue weighted by Crippen LogP contribution is 2.34. The van der Waals surface area contributed by atoms with Crippen LogP contribution in [-0.4, -0.2) is 73.7 Å².